The van der Waals surface area contributed by atoms with Gasteiger partial charge in [0.05, 0.1) is 0 Å². The molecule has 1 heterocycles. The van der Waals surface area contributed by atoms with Gasteiger partial charge in [0.25, 0.3) is 0 Å². The summed E-state index contributed by atoms with van der Waals surface area (Å²) in [7, 11) is 0. The molecule has 0 aromatic heterocycles. The smallest absolute Gasteiger partial charge is 0.419 e. The molecular weight excluding hydrogens is 220 g/mol. The molecule has 2 atom stereocenters. The molecule has 1 saturated heterocycles. The minimum absolute atomic E-state index is 0.125. The summed E-state index contributed by atoms with van der Waals surface area (Å²) in [5, 5.41) is 9.79. The molecule has 0 radical (unpaired) electrons. The van der Waals surface area contributed by atoms with E-state index in [2.05, 4.69) is 11.3 Å². The van der Waals surface area contributed by atoms with E-state index in [9.17, 15) is 9.90 Å². The van der Waals surface area contributed by atoms with Crippen molar-refractivity contribution in [2.75, 3.05) is 0 Å². The Kier molecular flexibility index (Phi) is 3.25. The number of rotatable bonds is 3. The van der Waals surface area contributed by atoms with Crippen molar-refractivity contribution in [2.45, 2.75) is 12.2 Å². The number of aliphatic hydroxyl groups is 1. The molecular formula is C13H12O4. The van der Waals surface area contributed by atoms with Crippen LogP contribution in [0.15, 0.2) is 48.7 Å². The second kappa shape index (κ2) is 4.84. The van der Waals surface area contributed by atoms with Crippen molar-refractivity contribution in [3.63, 3.8) is 0 Å². The van der Waals surface area contributed by atoms with Crippen LogP contribution in [-0.2, 0) is 9.47 Å². The van der Waals surface area contributed by atoms with Crippen LogP contribution in [0.3, 0.4) is 0 Å². The molecule has 1 fully saturated rings. The molecule has 17 heavy (non-hydrogen) atoms. The summed E-state index contributed by atoms with van der Waals surface area (Å²) >= 11 is 0. The van der Waals surface area contributed by atoms with E-state index in [0.717, 1.165) is 5.56 Å². The number of cyclic esters (lactones) is 2. The molecule has 2 rings (SSSR count). The Balaban J connectivity index is 2.02. The van der Waals surface area contributed by atoms with Crippen LogP contribution in [0.5, 0.6) is 0 Å². The average Bonchev–Trinajstić information content (AvgIpc) is 2.67. The molecule has 88 valence electrons. The normalized spacial score (nSPS) is 21.4. The van der Waals surface area contributed by atoms with E-state index in [1.165, 1.54) is 6.08 Å². The number of benzene rings is 1. The Morgan fingerprint density at radius 2 is 2.06 bits per heavy atom. The maximum atomic E-state index is 10.8. The highest BCUT2D eigenvalue weighted by atomic mass is 16.8. The van der Waals surface area contributed by atoms with Gasteiger partial charge in [0.1, 0.15) is 11.9 Å². The monoisotopic (exact) mass is 232 g/mol. The summed E-state index contributed by atoms with van der Waals surface area (Å²) in [6, 6.07) is 9.49. The third kappa shape index (κ3) is 2.73. The first-order valence-electron chi connectivity index (χ1n) is 5.15. The summed E-state index contributed by atoms with van der Waals surface area (Å²) in [4.78, 5) is 10.8. The molecule has 0 unspecified atom stereocenters. The van der Waals surface area contributed by atoms with E-state index in [-0.39, 0.29) is 5.76 Å². The molecule has 0 spiro atoms. The van der Waals surface area contributed by atoms with E-state index in [0.29, 0.717) is 0 Å². The lowest BCUT2D eigenvalue weighted by atomic mass is 10.1. The Bertz CT molecular complexity index is 450. The van der Waals surface area contributed by atoms with E-state index in [1.54, 1.807) is 6.08 Å². The molecule has 4 heteroatoms. The summed E-state index contributed by atoms with van der Waals surface area (Å²) in [5.74, 6) is 0.125. The number of aliphatic hydroxyl groups excluding tert-OH is 1. The third-order valence-corrected chi connectivity index (χ3v) is 2.35. The summed E-state index contributed by atoms with van der Waals surface area (Å²) in [5.41, 5.74) is 0.947. The van der Waals surface area contributed by atoms with Crippen molar-refractivity contribution in [1.29, 1.82) is 0 Å². The lowest BCUT2D eigenvalue weighted by Crippen LogP contribution is -2.24. The maximum Gasteiger partial charge on any atom is 0.514 e. The van der Waals surface area contributed by atoms with Crippen molar-refractivity contribution >= 4 is 12.2 Å². The highest BCUT2D eigenvalue weighted by Gasteiger charge is 2.34. The SMILES string of the molecule is C=C1OC(=O)O[C@@H]1[C@H](O)/C=C/c1ccccc1. The van der Waals surface area contributed by atoms with Crippen LogP contribution in [0.1, 0.15) is 5.56 Å². The van der Waals surface area contributed by atoms with Crippen molar-refractivity contribution < 1.29 is 19.4 Å². The first-order chi connectivity index (χ1) is 8.16. The van der Waals surface area contributed by atoms with E-state index in [1.807, 2.05) is 30.3 Å². The largest absolute Gasteiger partial charge is 0.514 e. The second-order valence-corrected chi connectivity index (χ2v) is 3.62. The number of carbonyl (C=O) groups is 1. The molecule has 1 N–H and O–H groups in total. The van der Waals surface area contributed by atoms with Crippen LogP contribution >= 0.6 is 0 Å². The predicted octanol–water partition coefficient (Wildman–Crippen LogP) is 2.11. The number of hydrogen-bond acceptors (Lipinski definition) is 4. The quantitative estimate of drug-likeness (QED) is 0.811. The Morgan fingerprint density at radius 1 is 1.35 bits per heavy atom. The molecule has 1 aromatic rings. The molecule has 0 aliphatic carbocycles. The van der Waals surface area contributed by atoms with Crippen molar-refractivity contribution in [1.82, 2.24) is 0 Å². The van der Waals surface area contributed by atoms with Crippen LogP contribution in [0, 0.1) is 0 Å². The lowest BCUT2D eigenvalue weighted by Gasteiger charge is -2.10. The van der Waals surface area contributed by atoms with E-state index in [4.69, 9.17) is 4.74 Å². The van der Waals surface area contributed by atoms with E-state index >= 15 is 0 Å². The first-order valence-corrected chi connectivity index (χ1v) is 5.15. The fourth-order valence-corrected chi connectivity index (χ4v) is 1.49. The zero-order valence-electron chi connectivity index (χ0n) is 9.08. The van der Waals surface area contributed by atoms with Crippen molar-refractivity contribution in [3.8, 4) is 0 Å². The van der Waals surface area contributed by atoms with Gasteiger partial charge >= 0.3 is 6.16 Å². The fourth-order valence-electron chi connectivity index (χ4n) is 1.49. The van der Waals surface area contributed by atoms with Crippen LogP contribution < -0.4 is 0 Å². The number of hydrogen-bond donors (Lipinski definition) is 1. The van der Waals surface area contributed by atoms with Crippen LogP contribution in [-0.4, -0.2) is 23.5 Å². The lowest BCUT2D eigenvalue weighted by molar-refractivity contribution is 0.0651. The van der Waals surface area contributed by atoms with Gasteiger partial charge in [-0.3, -0.25) is 0 Å². The topological polar surface area (TPSA) is 55.8 Å². The Morgan fingerprint density at radius 3 is 2.65 bits per heavy atom. The number of carbonyl (C=O) groups excluding carboxylic acids is 1. The minimum atomic E-state index is -0.964. The fraction of sp³-hybridized carbons (Fsp3) is 0.154. The van der Waals surface area contributed by atoms with Gasteiger partial charge in [-0.2, -0.15) is 0 Å². The first kappa shape index (κ1) is 11.4. The average molecular weight is 232 g/mol. The van der Waals surface area contributed by atoms with Gasteiger partial charge < -0.3 is 14.6 Å². The van der Waals surface area contributed by atoms with Crippen LogP contribution in [0.25, 0.3) is 6.08 Å². The summed E-state index contributed by atoms with van der Waals surface area (Å²) < 4.78 is 9.36. The summed E-state index contributed by atoms with van der Waals surface area (Å²) in [6.45, 7) is 3.50. The molecule has 0 amide bonds. The van der Waals surface area contributed by atoms with Gasteiger partial charge in [-0.05, 0) is 5.56 Å². The van der Waals surface area contributed by atoms with Gasteiger partial charge in [-0.15, -0.1) is 0 Å². The second-order valence-electron chi connectivity index (χ2n) is 3.62. The molecule has 1 aromatic carbocycles. The molecule has 0 saturated carbocycles. The molecule has 4 nitrogen and oxygen atoms in total. The zero-order valence-corrected chi connectivity index (χ0v) is 9.08. The minimum Gasteiger partial charge on any atom is -0.419 e. The van der Waals surface area contributed by atoms with Gasteiger partial charge in [0.2, 0.25) is 0 Å². The standard InChI is InChI=1S/C13H12O4/c1-9-12(17-13(15)16-9)11(14)8-7-10-5-3-2-4-6-10/h2-8,11-12,14H,1H2/b8-7+/t11-,12+/m1/s1. The predicted molar refractivity (Wildman–Crippen MR) is 62.0 cm³/mol. The van der Waals surface area contributed by atoms with Gasteiger partial charge in [0, 0.05) is 0 Å². The molecule has 1 aliphatic heterocycles. The number of ether oxygens (including phenoxy) is 2. The van der Waals surface area contributed by atoms with E-state index < -0.39 is 18.4 Å². The highest BCUT2D eigenvalue weighted by molar-refractivity contribution is 5.65. The third-order valence-electron chi connectivity index (χ3n) is 2.35. The molecule has 1 aliphatic rings. The summed E-state index contributed by atoms with van der Waals surface area (Å²) in [6.07, 6.45) is 0.654. The highest BCUT2D eigenvalue weighted by Crippen LogP contribution is 2.21. The zero-order chi connectivity index (χ0) is 12.3. The van der Waals surface area contributed by atoms with Crippen LogP contribution in [0.4, 0.5) is 4.79 Å². The van der Waals surface area contributed by atoms with Gasteiger partial charge in [-0.1, -0.05) is 49.1 Å². The molecule has 0 bridgehead atoms. The Labute approximate surface area is 98.8 Å². The van der Waals surface area contributed by atoms with Crippen molar-refractivity contribution in [3.05, 3.63) is 54.3 Å². The van der Waals surface area contributed by atoms with Crippen molar-refractivity contribution in [2.24, 2.45) is 0 Å². The van der Waals surface area contributed by atoms with Gasteiger partial charge in [0.15, 0.2) is 6.10 Å². The maximum absolute atomic E-state index is 10.8. The Hall–Kier alpha value is -2.07. The van der Waals surface area contributed by atoms with Gasteiger partial charge in [-0.25, -0.2) is 4.79 Å². The van der Waals surface area contributed by atoms with Crippen LogP contribution in [0.2, 0.25) is 0 Å².